The minimum atomic E-state index is -0.191. The molecule has 2 aromatic rings. The largest absolute Gasteiger partial charge is 0.384 e. The Bertz CT molecular complexity index is 657. The normalized spacial score (nSPS) is 11.1. The van der Waals surface area contributed by atoms with Crippen molar-refractivity contribution in [2.75, 3.05) is 17.2 Å². The van der Waals surface area contributed by atoms with Crippen LogP contribution in [0, 0.1) is 0 Å². The molecule has 4 heteroatoms. The second-order valence-corrected chi connectivity index (χ2v) is 6.61. The number of benzene rings is 1. The van der Waals surface area contributed by atoms with Crippen molar-refractivity contribution in [1.82, 2.24) is 4.98 Å². The van der Waals surface area contributed by atoms with Gasteiger partial charge in [-0.25, -0.2) is 4.98 Å². The molecule has 0 fully saturated rings. The Labute approximate surface area is 138 Å². The lowest BCUT2D eigenvalue weighted by Gasteiger charge is -2.22. The number of carbonyl (C=O) groups is 1. The fraction of sp³-hybridized carbons (Fsp3) is 0.368. The number of rotatable bonds is 5. The lowest BCUT2D eigenvalue weighted by molar-refractivity contribution is 0.102. The quantitative estimate of drug-likeness (QED) is 0.857. The molecule has 2 rings (SSSR count). The summed E-state index contributed by atoms with van der Waals surface area (Å²) in [6.45, 7) is 9.39. The number of nitrogens with zero attached hydrogens (tertiary/aromatic N) is 1. The molecule has 2 N–H and O–H groups in total. The SMILES string of the molecule is CCCNc1ccc(C(=O)Nc2ccccc2C(C)(C)C)nc1. The van der Waals surface area contributed by atoms with Gasteiger partial charge < -0.3 is 10.6 Å². The molecule has 1 aromatic heterocycles. The Morgan fingerprint density at radius 3 is 2.48 bits per heavy atom. The summed E-state index contributed by atoms with van der Waals surface area (Å²) in [6.07, 6.45) is 2.74. The third-order valence-corrected chi connectivity index (χ3v) is 3.56. The first kappa shape index (κ1) is 17.0. The monoisotopic (exact) mass is 311 g/mol. The van der Waals surface area contributed by atoms with E-state index in [2.05, 4.69) is 43.3 Å². The van der Waals surface area contributed by atoms with Crippen molar-refractivity contribution < 1.29 is 4.79 Å². The number of amides is 1. The molecular formula is C19H25N3O. The maximum Gasteiger partial charge on any atom is 0.274 e. The molecular weight excluding hydrogens is 286 g/mol. The predicted molar refractivity (Wildman–Crippen MR) is 96.1 cm³/mol. The van der Waals surface area contributed by atoms with Gasteiger partial charge in [0.05, 0.1) is 11.9 Å². The highest BCUT2D eigenvalue weighted by Crippen LogP contribution is 2.29. The zero-order valence-electron chi connectivity index (χ0n) is 14.3. The summed E-state index contributed by atoms with van der Waals surface area (Å²) in [5, 5.41) is 6.22. The molecule has 122 valence electrons. The van der Waals surface area contributed by atoms with E-state index >= 15 is 0 Å². The van der Waals surface area contributed by atoms with E-state index in [9.17, 15) is 4.79 Å². The van der Waals surface area contributed by atoms with Gasteiger partial charge in [0.25, 0.3) is 5.91 Å². The number of nitrogens with one attached hydrogen (secondary N) is 2. The van der Waals surface area contributed by atoms with Crippen molar-refractivity contribution >= 4 is 17.3 Å². The lowest BCUT2D eigenvalue weighted by Crippen LogP contribution is -2.19. The summed E-state index contributed by atoms with van der Waals surface area (Å²) in [5.41, 5.74) is 3.24. The molecule has 0 bridgehead atoms. The topological polar surface area (TPSA) is 54.0 Å². The van der Waals surface area contributed by atoms with Crippen molar-refractivity contribution in [3.8, 4) is 0 Å². The van der Waals surface area contributed by atoms with Gasteiger partial charge in [-0.3, -0.25) is 4.79 Å². The summed E-state index contributed by atoms with van der Waals surface area (Å²) >= 11 is 0. The van der Waals surface area contributed by atoms with E-state index in [0.29, 0.717) is 5.69 Å². The van der Waals surface area contributed by atoms with Gasteiger partial charge in [-0.15, -0.1) is 0 Å². The number of aromatic nitrogens is 1. The van der Waals surface area contributed by atoms with E-state index in [-0.39, 0.29) is 11.3 Å². The Kier molecular flexibility index (Phi) is 5.37. The molecule has 0 saturated carbocycles. The van der Waals surface area contributed by atoms with E-state index in [1.54, 1.807) is 12.3 Å². The molecule has 1 heterocycles. The van der Waals surface area contributed by atoms with Crippen molar-refractivity contribution in [3.63, 3.8) is 0 Å². The summed E-state index contributed by atoms with van der Waals surface area (Å²) in [6, 6.07) is 11.5. The van der Waals surface area contributed by atoms with Crippen LogP contribution in [0.1, 0.15) is 50.2 Å². The molecule has 0 aliphatic heterocycles. The van der Waals surface area contributed by atoms with Crippen LogP contribution in [0.25, 0.3) is 0 Å². The summed E-state index contributed by atoms with van der Waals surface area (Å²) in [5.74, 6) is -0.191. The molecule has 0 radical (unpaired) electrons. The zero-order chi connectivity index (χ0) is 16.9. The van der Waals surface area contributed by atoms with E-state index in [1.807, 2.05) is 30.3 Å². The fourth-order valence-electron chi connectivity index (χ4n) is 2.33. The molecule has 1 aromatic carbocycles. The van der Waals surface area contributed by atoms with Crippen molar-refractivity contribution in [3.05, 3.63) is 53.9 Å². The van der Waals surface area contributed by atoms with E-state index in [0.717, 1.165) is 29.9 Å². The van der Waals surface area contributed by atoms with Gasteiger partial charge in [0, 0.05) is 12.2 Å². The summed E-state index contributed by atoms with van der Waals surface area (Å²) in [4.78, 5) is 16.7. The minimum absolute atomic E-state index is 0.0365. The lowest BCUT2D eigenvalue weighted by atomic mass is 9.86. The molecule has 0 spiro atoms. The summed E-state index contributed by atoms with van der Waals surface area (Å²) in [7, 11) is 0. The van der Waals surface area contributed by atoms with Gasteiger partial charge in [-0.1, -0.05) is 45.9 Å². The van der Waals surface area contributed by atoms with Gasteiger partial charge >= 0.3 is 0 Å². The Morgan fingerprint density at radius 2 is 1.87 bits per heavy atom. The van der Waals surface area contributed by atoms with E-state index < -0.39 is 0 Å². The molecule has 0 aliphatic rings. The Balaban J connectivity index is 2.14. The van der Waals surface area contributed by atoms with Gasteiger partial charge in [-0.2, -0.15) is 0 Å². The maximum atomic E-state index is 12.4. The van der Waals surface area contributed by atoms with Crippen LogP contribution in [-0.4, -0.2) is 17.4 Å². The van der Waals surface area contributed by atoms with Crippen LogP contribution in [0.3, 0.4) is 0 Å². The number of anilines is 2. The Morgan fingerprint density at radius 1 is 1.13 bits per heavy atom. The Hall–Kier alpha value is -2.36. The van der Waals surface area contributed by atoms with Crippen molar-refractivity contribution in [1.29, 1.82) is 0 Å². The number of pyridine rings is 1. The van der Waals surface area contributed by atoms with Gasteiger partial charge in [0.2, 0.25) is 0 Å². The van der Waals surface area contributed by atoms with Crippen LogP contribution >= 0.6 is 0 Å². The minimum Gasteiger partial charge on any atom is -0.384 e. The van der Waals surface area contributed by atoms with Crippen molar-refractivity contribution in [2.45, 2.75) is 39.5 Å². The highest BCUT2D eigenvalue weighted by atomic mass is 16.1. The van der Waals surface area contributed by atoms with Gasteiger partial charge in [0.1, 0.15) is 5.69 Å². The number of hydrogen-bond acceptors (Lipinski definition) is 3. The first-order valence-electron chi connectivity index (χ1n) is 8.02. The highest BCUT2D eigenvalue weighted by Gasteiger charge is 2.19. The van der Waals surface area contributed by atoms with Gasteiger partial charge in [-0.05, 0) is 35.6 Å². The molecule has 4 nitrogen and oxygen atoms in total. The smallest absolute Gasteiger partial charge is 0.274 e. The molecule has 1 amide bonds. The maximum absolute atomic E-state index is 12.4. The molecule has 23 heavy (non-hydrogen) atoms. The number of para-hydroxylation sites is 1. The second kappa shape index (κ2) is 7.27. The number of hydrogen-bond donors (Lipinski definition) is 2. The molecule has 0 saturated heterocycles. The van der Waals surface area contributed by atoms with Gasteiger partial charge in [0.15, 0.2) is 0 Å². The fourth-order valence-corrected chi connectivity index (χ4v) is 2.33. The van der Waals surface area contributed by atoms with Crippen LogP contribution in [-0.2, 0) is 5.41 Å². The average molecular weight is 311 g/mol. The van der Waals surface area contributed by atoms with Crippen LogP contribution in [0.2, 0.25) is 0 Å². The van der Waals surface area contributed by atoms with Crippen molar-refractivity contribution in [2.24, 2.45) is 0 Å². The van der Waals surface area contributed by atoms with Crippen LogP contribution < -0.4 is 10.6 Å². The molecule has 0 atom stereocenters. The third-order valence-electron chi connectivity index (χ3n) is 3.56. The predicted octanol–water partition coefficient (Wildman–Crippen LogP) is 4.45. The first-order valence-corrected chi connectivity index (χ1v) is 8.02. The zero-order valence-corrected chi connectivity index (χ0v) is 14.3. The summed E-state index contributed by atoms with van der Waals surface area (Å²) < 4.78 is 0. The number of carbonyl (C=O) groups excluding carboxylic acids is 1. The standard InChI is InChI=1S/C19H25N3O/c1-5-12-20-14-10-11-17(21-13-14)18(23)22-16-9-7-6-8-15(16)19(2,3)4/h6-11,13,20H,5,12H2,1-4H3,(H,22,23). The highest BCUT2D eigenvalue weighted by molar-refractivity contribution is 6.03. The third kappa shape index (κ3) is 4.55. The average Bonchev–Trinajstić information content (AvgIpc) is 2.53. The van der Waals surface area contributed by atoms with Crippen LogP contribution in [0.15, 0.2) is 42.6 Å². The molecule has 0 aliphatic carbocycles. The second-order valence-electron chi connectivity index (χ2n) is 6.61. The van der Waals surface area contributed by atoms with Crippen LogP contribution in [0.5, 0.6) is 0 Å². The van der Waals surface area contributed by atoms with E-state index in [4.69, 9.17) is 0 Å². The molecule has 0 unspecified atom stereocenters. The van der Waals surface area contributed by atoms with E-state index in [1.165, 1.54) is 0 Å². The van der Waals surface area contributed by atoms with Crippen LogP contribution in [0.4, 0.5) is 11.4 Å². The first-order chi connectivity index (χ1) is 10.9.